The van der Waals surface area contributed by atoms with E-state index in [0.717, 1.165) is 82.1 Å². The number of nitrogens with zero attached hydrogens (tertiary/aromatic N) is 2. The number of aryl methyl sites for hydroxylation is 1. The molecule has 0 aromatic heterocycles. The van der Waals surface area contributed by atoms with Crippen LogP contribution in [0.1, 0.15) is 35.2 Å². The van der Waals surface area contributed by atoms with Gasteiger partial charge in [0.1, 0.15) is 0 Å². The van der Waals surface area contributed by atoms with Crippen molar-refractivity contribution in [1.82, 2.24) is 10.2 Å². The van der Waals surface area contributed by atoms with Crippen LogP contribution in [0, 0.1) is 6.92 Å². The first-order valence-electron chi connectivity index (χ1n) is 12.2. The van der Waals surface area contributed by atoms with E-state index in [9.17, 15) is 9.59 Å². The zero-order valence-electron chi connectivity index (χ0n) is 19.9. The second-order valence-electron chi connectivity index (χ2n) is 8.94. The minimum absolute atomic E-state index is 0.105. The number of carbonyl (C=O) groups is 2. The first-order valence-corrected chi connectivity index (χ1v) is 12.2. The first kappa shape index (κ1) is 24.0. The second-order valence-corrected chi connectivity index (χ2v) is 8.94. The minimum atomic E-state index is -0.337. The molecule has 0 atom stereocenters. The van der Waals surface area contributed by atoms with E-state index in [1.54, 1.807) is 6.07 Å². The number of carbonyl (C=O) groups excluding carboxylic acids is 2. The number of amides is 3. The monoisotopic (exact) mass is 465 g/mol. The van der Waals surface area contributed by atoms with Crippen molar-refractivity contribution in [3.8, 4) is 0 Å². The Balaban J connectivity index is 1.39. The van der Waals surface area contributed by atoms with Gasteiger partial charge in [-0.3, -0.25) is 9.69 Å². The van der Waals surface area contributed by atoms with Gasteiger partial charge < -0.3 is 25.6 Å². The van der Waals surface area contributed by atoms with Crippen molar-refractivity contribution in [3.05, 3.63) is 53.6 Å². The molecule has 8 nitrogen and oxygen atoms in total. The maximum atomic E-state index is 13.1. The fraction of sp³-hybridized carbons (Fsp3) is 0.462. The third-order valence-corrected chi connectivity index (χ3v) is 6.26. The number of anilines is 3. The summed E-state index contributed by atoms with van der Waals surface area (Å²) in [6.07, 6.45) is 3.14. The molecule has 0 bridgehead atoms. The first-order chi connectivity index (χ1) is 16.6. The summed E-state index contributed by atoms with van der Waals surface area (Å²) in [5.74, 6) is -0.105. The maximum absolute atomic E-state index is 13.1. The predicted octanol–water partition coefficient (Wildman–Crippen LogP) is 3.69. The van der Waals surface area contributed by atoms with Crippen LogP contribution in [0.3, 0.4) is 0 Å². The molecule has 0 spiro atoms. The Hall–Kier alpha value is -3.10. The van der Waals surface area contributed by atoms with Gasteiger partial charge in [-0.1, -0.05) is 12.1 Å². The molecule has 0 unspecified atom stereocenters. The summed E-state index contributed by atoms with van der Waals surface area (Å²) >= 11 is 0. The number of morpholine rings is 1. The molecule has 2 aliphatic heterocycles. The smallest absolute Gasteiger partial charge is 0.323 e. The minimum Gasteiger partial charge on any atom is -0.379 e. The number of benzene rings is 2. The van der Waals surface area contributed by atoms with E-state index in [-0.39, 0.29) is 11.9 Å². The molecule has 2 aromatic rings. The Labute approximate surface area is 201 Å². The van der Waals surface area contributed by atoms with E-state index in [1.165, 1.54) is 0 Å². The molecule has 3 N–H and O–H groups in total. The highest BCUT2D eigenvalue weighted by molar-refractivity contribution is 6.04. The molecule has 8 heteroatoms. The summed E-state index contributed by atoms with van der Waals surface area (Å²) in [7, 11) is 0. The fourth-order valence-corrected chi connectivity index (χ4v) is 4.47. The van der Waals surface area contributed by atoms with Crippen molar-refractivity contribution in [2.45, 2.75) is 26.2 Å². The van der Waals surface area contributed by atoms with Crippen LogP contribution in [0.25, 0.3) is 0 Å². The van der Waals surface area contributed by atoms with Crippen LogP contribution in [0.5, 0.6) is 0 Å². The summed E-state index contributed by atoms with van der Waals surface area (Å²) in [6, 6.07) is 12.9. The molecule has 182 valence electrons. The van der Waals surface area contributed by atoms with Gasteiger partial charge in [0.15, 0.2) is 0 Å². The summed E-state index contributed by atoms with van der Waals surface area (Å²) in [4.78, 5) is 30.3. The van der Waals surface area contributed by atoms with Gasteiger partial charge in [0.05, 0.1) is 18.8 Å². The van der Waals surface area contributed by atoms with Crippen molar-refractivity contribution >= 4 is 29.0 Å². The number of hydrogen-bond donors (Lipinski definition) is 3. The molecule has 0 radical (unpaired) electrons. The van der Waals surface area contributed by atoms with Gasteiger partial charge in [0, 0.05) is 49.8 Å². The Morgan fingerprint density at radius 2 is 1.68 bits per heavy atom. The fourth-order valence-electron chi connectivity index (χ4n) is 4.47. The number of nitrogens with one attached hydrogen (secondary N) is 3. The zero-order chi connectivity index (χ0) is 23.8. The van der Waals surface area contributed by atoms with Gasteiger partial charge in [-0.25, -0.2) is 4.79 Å². The molecule has 3 amide bonds. The van der Waals surface area contributed by atoms with Gasteiger partial charge in [-0.15, -0.1) is 0 Å². The lowest BCUT2D eigenvalue weighted by atomic mass is 10.1. The van der Waals surface area contributed by atoms with E-state index in [1.807, 2.05) is 43.3 Å². The lowest BCUT2D eigenvalue weighted by Gasteiger charge is -2.26. The Bertz CT molecular complexity index is 984. The van der Waals surface area contributed by atoms with Crippen molar-refractivity contribution < 1.29 is 14.3 Å². The topological polar surface area (TPSA) is 85.9 Å². The SMILES string of the molecule is Cc1cccc(NC(=O)Nc2ccc(N3CCCC3)c(C(=O)NCCCN3CCOCC3)c2)c1. The third kappa shape index (κ3) is 6.71. The molecule has 2 aliphatic rings. The Kier molecular flexibility index (Phi) is 8.38. The number of rotatable bonds is 8. The summed E-state index contributed by atoms with van der Waals surface area (Å²) < 4.78 is 5.39. The standard InChI is InChI=1S/C26H35N5O3/c1-20-6-4-7-21(18-20)28-26(33)29-22-8-9-24(31-12-2-3-13-31)23(19-22)25(32)27-10-5-11-30-14-16-34-17-15-30/h4,6-9,18-19H,2-3,5,10-17H2,1H3,(H,27,32)(H2,28,29,33). The zero-order valence-corrected chi connectivity index (χ0v) is 19.9. The average Bonchev–Trinajstić information content (AvgIpc) is 3.37. The van der Waals surface area contributed by atoms with Crippen molar-refractivity contribution in [3.63, 3.8) is 0 Å². The molecule has 2 fully saturated rings. The number of urea groups is 1. The second kappa shape index (κ2) is 11.9. The highest BCUT2D eigenvalue weighted by Gasteiger charge is 2.20. The molecule has 2 heterocycles. The van der Waals surface area contributed by atoms with Crippen LogP contribution < -0.4 is 20.9 Å². The van der Waals surface area contributed by atoms with Crippen LogP contribution in [0.4, 0.5) is 21.9 Å². The summed E-state index contributed by atoms with van der Waals surface area (Å²) in [6.45, 7) is 8.88. The molecular weight excluding hydrogens is 430 g/mol. The predicted molar refractivity (Wildman–Crippen MR) is 136 cm³/mol. The third-order valence-electron chi connectivity index (χ3n) is 6.26. The van der Waals surface area contributed by atoms with E-state index in [2.05, 4.69) is 25.8 Å². The van der Waals surface area contributed by atoms with E-state index < -0.39 is 0 Å². The maximum Gasteiger partial charge on any atom is 0.323 e. The average molecular weight is 466 g/mol. The molecule has 0 saturated carbocycles. The lowest BCUT2D eigenvalue weighted by molar-refractivity contribution is 0.0374. The normalized spacial score (nSPS) is 16.3. The molecule has 0 aliphatic carbocycles. The van der Waals surface area contributed by atoms with Crippen LogP contribution in [-0.2, 0) is 4.74 Å². The van der Waals surface area contributed by atoms with E-state index in [4.69, 9.17) is 4.74 Å². The van der Waals surface area contributed by atoms with Gasteiger partial charge in [0.2, 0.25) is 0 Å². The van der Waals surface area contributed by atoms with Crippen LogP contribution in [0.2, 0.25) is 0 Å². The Morgan fingerprint density at radius 3 is 2.41 bits per heavy atom. The Morgan fingerprint density at radius 1 is 0.941 bits per heavy atom. The summed E-state index contributed by atoms with van der Waals surface area (Å²) in [5.41, 5.74) is 3.91. The molecular formula is C26H35N5O3. The molecule has 4 rings (SSSR count). The number of ether oxygens (including phenoxy) is 1. The number of hydrogen-bond acceptors (Lipinski definition) is 5. The van der Waals surface area contributed by atoms with Crippen LogP contribution >= 0.6 is 0 Å². The summed E-state index contributed by atoms with van der Waals surface area (Å²) in [5, 5.41) is 8.79. The highest BCUT2D eigenvalue weighted by atomic mass is 16.5. The van der Waals surface area contributed by atoms with E-state index >= 15 is 0 Å². The molecule has 2 saturated heterocycles. The van der Waals surface area contributed by atoms with Crippen molar-refractivity contribution in [2.24, 2.45) is 0 Å². The molecule has 2 aromatic carbocycles. The highest BCUT2D eigenvalue weighted by Crippen LogP contribution is 2.28. The van der Waals surface area contributed by atoms with Gasteiger partial charge in [0.25, 0.3) is 5.91 Å². The van der Waals surface area contributed by atoms with Crippen molar-refractivity contribution in [2.75, 3.05) is 68.0 Å². The van der Waals surface area contributed by atoms with Crippen LogP contribution in [-0.4, -0.2) is 69.3 Å². The quantitative estimate of drug-likeness (QED) is 0.518. The van der Waals surface area contributed by atoms with Gasteiger partial charge in [-0.05, 0) is 68.6 Å². The largest absolute Gasteiger partial charge is 0.379 e. The molecule has 34 heavy (non-hydrogen) atoms. The lowest BCUT2D eigenvalue weighted by Crippen LogP contribution is -2.38. The van der Waals surface area contributed by atoms with Crippen LogP contribution in [0.15, 0.2) is 42.5 Å². The van der Waals surface area contributed by atoms with Gasteiger partial charge >= 0.3 is 6.03 Å². The van der Waals surface area contributed by atoms with Gasteiger partial charge in [-0.2, -0.15) is 0 Å². The van der Waals surface area contributed by atoms with Crippen molar-refractivity contribution in [1.29, 1.82) is 0 Å². The van der Waals surface area contributed by atoms with E-state index in [0.29, 0.717) is 17.8 Å².